The molecule has 142 valence electrons. The van der Waals surface area contributed by atoms with Gasteiger partial charge in [-0.05, 0) is 37.3 Å². The minimum absolute atomic E-state index is 0.225. The van der Waals surface area contributed by atoms with Gasteiger partial charge < -0.3 is 4.90 Å². The van der Waals surface area contributed by atoms with Gasteiger partial charge in [0, 0.05) is 55.4 Å². The van der Waals surface area contributed by atoms with Gasteiger partial charge in [0.1, 0.15) is 6.33 Å². The summed E-state index contributed by atoms with van der Waals surface area (Å²) in [4.78, 5) is 27.1. The van der Waals surface area contributed by atoms with Gasteiger partial charge in [0.25, 0.3) is 5.78 Å². The molecule has 3 aromatic heterocycles. The van der Waals surface area contributed by atoms with Gasteiger partial charge in [-0.2, -0.15) is 10.1 Å². The summed E-state index contributed by atoms with van der Waals surface area (Å²) in [5, 5.41) is 6.33. The molecule has 0 N–H and O–H groups in total. The van der Waals surface area contributed by atoms with Gasteiger partial charge in [0.2, 0.25) is 5.91 Å². The third-order valence-corrected chi connectivity index (χ3v) is 6.12. The number of hydrogen-bond donors (Lipinski definition) is 0. The second-order valence-corrected chi connectivity index (χ2v) is 8.00. The van der Waals surface area contributed by atoms with Crippen LogP contribution in [0.2, 0.25) is 0 Å². The summed E-state index contributed by atoms with van der Waals surface area (Å²) in [6.45, 7) is 8.47. The molecule has 4 rings (SSSR count). The number of aromatic nitrogens is 4. The molecular formula is C19H24N6OS. The van der Waals surface area contributed by atoms with Crippen molar-refractivity contribution in [1.29, 1.82) is 0 Å². The molecule has 1 amide bonds. The van der Waals surface area contributed by atoms with Crippen molar-refractivity contribution >= 4 is 23.0 Å². The van der Waals surface area contributed by atoms with E-state index in [4.69, 9.17) is 0 Å². The maximum absolute atomic E-state index is 12.7. The third-order valence-electron chi connectivity index (χ3n) is 5.26. The number of aryl methyl sites for hydroxylation is 2. The van der Waals surface area contributed by atoms with E-state index in [0.29, 0.717) is 18.6 Å². The summed E-state index contributed by atoms with van der Waals surface area (Å²) < 4.78 is 1.75. The lowest BCUT2D eigenvalue weighted by Crippen LogP contribution is -2.48. The lowest BCUT2D eigenvalue weighted by Gasteiger charge is -2.34. The third kappa shape index (κ3) is 3.86. The molecule has 1 saturated heterocycles. The fraction of sp³-hybridized carbons (Fsp3) is 0.474. The normalized spacial score (nSPS) is 15.6. The van der Waals surface area contributed by atoms with Crippen molar-refractivity contribution in [2.45, 2.75) is 33.2 Å². The monoisotopic (exact) mass is 384 g/mol. The second-order valence-electron chi connectivity index (χ2n) is 6.97. The van der Waals surface area contributed by atoms with E-state index in [1.165, 1.54) is 11.2 Å². The number of thiophene rings is 1. The minimum atomic E-state index is 0.225. The van der Waals surface area contributed by atoms with E-state index < -0.39 is 0 Å². The van der Waals surface area contributed by atoms with E-state index in [0.717, 1.165) is 49.7 Å². The van der Waals surface area contributed by atoms with Gasteiger partial charge >= 0.3 is 0 Å². The molecule has 0 radical (unpaired) electrons. The van der Waals surface area contributed by atoms with Crippen LogP contribution in [-0.2, 0) is 17.8 Å². The van der Waals surface area contributed by atoms with Crippen molar-refractivity contribution < 1.29 is 4.79 Å². The summed E-state index contributed by atoms with van der Waals surface area (Å²) in [7, 11) is 0. The van der Waals surface area contributed by atoms with Crippen molar-refractivity contribution in [2.24, 2.45) is 0 Å². The van der Waals surface area contributed by atoms with E-state index in [2.05, 4.69) is 37.5 Å². The molecule has 0 bridgehead atoms. The van der Waals surface area contributed by atoms with E-state index in [1.807, 2.05) is 18.7 Å². The Morgan fingerprint density at radius 3 is 2.78 bits per heavy atom. The molecule has 0 saturated carbocycles. The Morgan fingerprint density at radius 1 is 1.22 bits per heavy atom. The van der Waals surface area contributed by atoms with E-state index in [1.54, 1.807) is 15.9 Å². The molecule has 0 spiro atoms. The summed E-state index contributed by atoms with van der Waals surface area (Å²) in [6.07, 6.45) is 2.71. The standard InChI is InChI=1S/C19H24N6OS/c1-14-17(15(2)25-19(22-14)20-13-21-25)5-6-18(26)24-9-7-23(8-10-24)12-16-4-3-11-27-16/h3-4,11,13H,5-10,12H2,1-2H3. The first-order valence-electron chi connectivity index (χ1n) is 9.30. The number of hydrogen-bond acceptors (Lipinski definition) is 6. The van der Waals surface area contributed by atoms with Gasteiger partial charge in [-0.1, -0.05) is 6.07 Å². The van der Waals surface area contributed by atoms with E-state index in [-0.39, 0.29) is 5.91 Å². The number of carbonyl (C=O) groups is 1. The van der Waals surface area contributed by atoms with Crippen LogP contribution in [0, 0.1) is 13.8 Å². The lowest BCUT2D eigenvalue weighted by molar-refractivity contribution is -0.132. The second kappa shape index (κ2) is 7.74. The molecule has 1 aliphatic rings. The highest BCUT2D eigenvalue weighted by molar-refractivity contribution is 7.09. The van der Waals surface area contributed by atoms with Crippen LogP contribution >= 0.6 is 11.3 Å². The zero-order valence-corrected chi connectivity index (χ0v) is 16.6. The molecule has 0 aromatic carbocycles. The Balaban J connectivity index is 1.32. The molecular weight excluding hydrogens is 360 g/mol. The first kappa shape index (κ1) is 18.1. The number of rotatable bonds is 5. The zero-order valence-electron chi connectivity index (χ0n) is 15.8. The highest BCUT2D eigenvalue weighted by atomic mass is 32.1. The highest BCUT2D eigenvalue weighted by Gasteiger charge is 2.22. The Morgan fingerprint density at radius 2 is 2.04 bits per heavy atom. The topological polar surface area (TPSA) is 66.6 Å². The van der Waals surface area contributed by atoms with Crippen LogP contribution in [0.15, 0.2) is 23.8 Å². The molecule has 27 heavy (non-hydrogen) atoms. The summed E-state index contributed by atoms with van der Waals surface area (Å²) in [6, 6.07) is 4.27. The number of amides is 1. The average Bonchev–Trinajstić information content (AvgIpc) is 3.34. The molecule has 3 aromatic rings. The van der Waals surface area contributed by atoms with Crippen LogP contribution in [-0.4, -0.2) is 61.5 Å². The van der Waals surface area contributed by atoms with E-state index >= 15 is 0 Å². The highest BCUT2D eigenvalue weighted by Crippen LogP contribution is 2.17. The van der Waals surface area contributed by atoms with Crippen LogP contribution in [0.3, 0.4) is 0 Å². The maximum atomic E-state index is 12.7. The summed E-state index contributed by atoms with van der Waals surface area (Å²) >= 11 is 1.79. The fourth-order valence-electron chi connectivity index (χ4n) is 3.69. The Bertz CT molecular complexity index is 927. The van der Waals surface area contributed by atoms with Crippen molar-refractivity contribution in [2.75, 3.05) is 26.2 Å². The molecule has 7 nitrogen and oxygen atoms in total. The van der Waals surface area contributed by atoms with Crippen LogP contribution in [0.5, 0.6) is 0 Å². The van der Waals surface area contributed by atoms with Crippen molar-refractivity contribution in [3.8, 4) is 0 Å². The van der Waals surface area contributed by atoms with Crippen molar-refractivity contribution in [1.82, 2.24) is 29.4 Å². The lowest BCUT2D eigenvalue weighted by atomic mass is 10.1. The molecule has 8 heteroatoms. The molecule has 0 unspecified atom stereocenters. The number of piperazine rings is 1. The van der Waals surface area contributed by atoms with Gasteiger partial charge in [0.15, 0.2) is 0 Å². The van der Waals surface area contributed by atoms with E-state index in [9.17, 15) is 4.79 Å². The summed E-state index contributed by atoms with van der Waals surface area (Å²) in [5.74, 6) is 0.838. The Kier molecular flexibility index (Phi) is 5.18. The smallest absolute Gasteiger partial charge is 0.252 e. The number of nitrogens with zero attached hydrogens (tertiary/aromatic N) is 6. The molecule has 0 aliphatic carbocycles. The Labute approximate surface area is 162 Å². The predicted molar refractivity (Wildman–Crippen MR) is 105 cm³/mol. The number of fused-ring (bicyclic) bond motifs is 1. The SMILES string of the molecule is Cc1nc2ncnn2c(C)c1CCC(=O)N1CCN(Cc2cccs2)CC1. The number of carbonyl (C=O) groups excluding carboxylic acids is 1. The average molecular weight is 385 g/mol. The van der Waals surface area contributed by atoms with Crippen molar-refractivity contribution in [3.63, 3.8) is 0 Å². The quantitative estimate of drug-likeness (QED) is 0.674. The molecule has 0 atom stereocenters. The maximum Gasteiger partial charge on any atom is 0.252 e. The first-order valence-corrected chi connectivity index (χ1v) is 10.2. The summed E-state index contributed by atoms with van der Waals surface area (Å²) in [5.41, 5.74) is 3.04. The molecule has 1 aliphatic heterocycles. The van der Waals surface area contributed by atoms with Crippen molar-refractivity contribution in [3.05, 3.63) is 45.7 Å². The van der Waals surface area contributed by atoms with Gasteiger partial charge in [-0.25, -0.2) is 9.50 Å². The molecule has 1 fully saturated rings. The van der Waals surface area contributed by atoms with Crippen LogP contribution in [0.25, 0.3) is 5.78 Å². The zero-order chi connectivity index (χ0) is 18.8. The van der Waals surface area contributed by atoms with Crippen LogP contribution in [0.4, 0.5) is 0 Å². The minimum Gasteiger partial charge on any atom is -0.340 e. The van der Waals surface area contributed by atoms with Crippen LogP contribution < -0.4 is 0 Å². The fourth-order valence-corrected chi connectivity index (χ4v) is 4.43. The molecule has 4 heterocycles. The predicted octanol–water partition coefficient (Wildman–Crippen LogP) is 2.08. The van der Waals surface area contributed by atoms with Gasteiger partial charge in [-0.3, -0.25) is 9.69 Å². The largest absolute Gasteiger partial charge is 0.340 e. The Hall–Kier alpha value is -2.32. The van der Waals surface area contributed by atoms with Gasteiger partial charge in [0.05, 0.1) is 0 Å². The van der Waals surface area contributed by atoms with Crippen LogP contribution in [0.1, 0.15) is 28.2 Å². The first-order chi connectivity index (χ1) is 13.1. The van der Waals surface area contributed by atoms with Gasteiger partial charge in [-0.15, -0.1) is 11.3 Å².